The van der Waals surface area contributed by atoms with Gasteiger partial charge >= 0.3 is 23.9 Å². The van der Waals surface area contributed by atoms with Gasteiger partial charge in [0.05, 0.1) is 24.7 Å². The largest absolute Gasteiger partial charge is 0.481 e. The van der Waals surface area contributed by atoms with Gasteiger partial charge in [-0.3, -0.25) is 19.2 Å². The molecule has 1 aromatic rings. The lowest BCUT2D eigenvalue weighted by Crippen LogP contribution is -2.21. The molecule has 0 radical (unpaired) electrons. The van der Waals surface area contributed by atoms with E-state index in [1.54, 1.807) is 24.3 Å². The summed E-state index contributed by atoms with van der Waals surface area (Å²) < 4.78 is 0. The van der Waals surface area contributed by atoms with E-state index in [9.17, 15) is 19.2 Å². The van der Waals surface area contributed by atoms with Crippen LogP contribution in [0.4, 0.5) is 0 Å². The molecule has 0 spiro atoms. The number of carbonyl (C=O) groups is 4. The molecule has 0 aliphatic carbocycles. The van der Waals surface area contributed by atoms with Crippen molar-refractivity contribution in [2.75, 3.05) is 0 Å². The minimum atomic E-state index is -1.20. The molecule has 0 heterocycles. The predicted molar refractivity (Wildman–Crippen MR) is 80.6 cm³/mol. The summed E-state index contributed by atoms with van der Waals surface area (Å²) in [6, 6.07) is 6.36. The molecule has 0 fully saturated rings. The zero-order valence-corrected chi connectivity index (χ0v) is 12.7. The van der Waals surface area contributed by atoms with E-state index in [1.165, 1.54) is 0 Å². The van der Waals surface area contributed by atoms with Crippen molar-refractivity contribution in [3.05, 3.63) is 35.4 Å². The number of carboxylic acids is 4. The molecule has 1 rings (SSSR count). The molecule has 0 bridgehead atoms. The van der Waals surface area contributed by atoms with Crippen LogP contribution in [0.25, 0.3) is 0 Å². The average Bonchev–Trinajstić information content (AvgIpc) is 2.46. The summed E-state index contributed by atoms with van der Waals surface area (Å²) >= 11 is 0. The lowest BCUT2D eigenvalue weighted by Gasteiger charge is -2.12. The Morgan fingerprint density at radius 3 is 1.17 bits per heavy atom. The van der Waals surface area contributed by atoms with Gasteiger partial charge in [0.2, 0.25) is 0 Å². The Morgan fingerprint density at radius 1 is 0.667 bits per heavy atom. The van der Waals surface area contributed by atoms with Gasteiger partial charge in [0, 0.05) is 0 Å². The highest BCUT2D eigenvalue weighted by Gasteiger charge is 2.23. The van der Waals surface area contributed by atoms with E-state index in [0.717, 1.165) is 0 Å². The summed E-state index contributed by atoms with van der Waals surface area (Å²) in [5.74, 6) is -6.89. The van der Waals surface area contributed by atoms with Crippen molar-refractivity contribution in [2.45, 2.75) is 25.7 Å². The Bertz CT molecular complexity index is 564. The fourth-order valence-electron chi connectivity index (χ4n) is 2.30. The predicted octanol–water partition coefficient (Wildman–Crippen LogP) is 1.12. The van der Waals surface area contributed by atoms with Crippen LogP contribution in [-0.2, 0) is 32.0 Å². The van der Waals surface area contributed by atoms with Crippen molar-refractivity contribution in [3.8, 4) is 0 Å². The van der Waals surface area contributed by atoms with Gasteiger partial charge in [-0.25, -0.2) is 0 Å². The first-order valence-electron chi connectivity index (χ1n) is 7.16. The van der Waals surface area contributed by atoms with Crippen LogP contribution in [0.5, 0.6) is 0 Å². The fourth-order valence-corrected chi connectivity index (χ4v) is 2.30. The Labute approximate surface area is 137 Å². The Hall–Kier alpha value is -2.90. The Kier molecular flexibility index (Phi) is 6.91. The molecular weight excluding hydrogens is 320 g/mol. The van der Waals surface area contributed by atoms with E-state index in [-0.39, 0.29) is 12.8 Å². The van der Waals surface area contributed by atoms with E-state index in [0.29, 0.717) is 11.1 Å². The molecule has 2 atom stereocenters. The molecule has 0 saturated carbocycles. The van der Waals surface area contributed by atoms with Crippen LogP contribution in [-0.4, -0.2) is 44.3 Å². The fraction of sp³-hybridized carbons (Fsp3) is 0.375. The van der Waals surface area contributed by atoms with E-state index in [1.807, 2.05) is 0 Å². The Balaban J connectivity index is 2.77. The van der Waals surface area contributed by atoms with Gasteiger partial charge < -0.3 is 20.4 Å². The van der Waals surface area contributed by atoms with Crippen LogP contribution in [0.15, 0.2) is 24.3 Å². The molecule has 24 heavy (non-hydrogen) atoms. The maximum atomic E-state index is 11.0. The van der Waals surface area contributed by atoms with E-state index < -0.39 is 48.6 Å². The van der Waals surface area contributed by atoms with E-state index in [2.05, 4.69) is 0 Å². The molecule has 0 aliphatic heterocycles. The first-order valence-corrected chi connectivity index (χ1v) is 7.16. The molecule has 2 unspecified atom stereocenters. The SMILES string of the molecule is O=C(O)CC(Cc1ccc(CC(CC(=O)O)C(=O)O)cc1)C(=O)O. The van der Waals surface area contributed by atoms with E-state index in [4.69, 9.17) is 20.4 Å². The highest BCUT2D eigenvalue weighted by atomic mass is 16.4. The van der Waals surface area contributed by atoms with Crippen molar-refractivity contribution < 1.29 is 39.6 Å². The molecule has 8 nitrogen and oxygen atoms in total. The molecule has 4 N–H and O–H groups in total. The molecule has 0 aliphatic rings. The second-order valence-electron chi connectivity index (χ2n) is 5.49. The molecule has 0 saturated heterocycles. The van der Waals surface area contributed by atoms with Gasteiger partial charge in [-0.05, 0) is 24.0 Å². The summed E-state index contributed by atoms with van der Waals surface area (Å²) in [6.45, 7) is 0. The maximum absolute atomic E-state index is 11.0. The second-order valence-corrected chi connectivity index (χ2v) is 5.49. The number of hydrogen-bond donors (Lipinski definition) is 4. The van der Waals surface area contributed by atoms with Crippen molar-refractivity contribution >= 4 is 23.9 Å². The minimum Gasteiger partial charge on any atom is -0.481 e. The van der Waals surface area contributed by atoms with Crippen LogP contribution in [0, 0.1) is 11.8 Å². The van der Waals surface area contributed by atoms with Gasteiger partial charge in [-0.2, -0.15) is 0 Å². The highest BCUT2D eigenvalue weighted by molar-refractivity contribution is 5.78. The molecule has 0 aromatic heterocycles. The first kappa shape index (κ1) is 19.1. The maximum Gasteiger partial charge on any atom is 0.307 e. The monoisotopic (exact) mass is 338 g/mol. The summed E-state index contributed by atoms with van der Waals surface area (Å²) in [5, 5.41) is 35.5. The zero-order chi connectivity index (χ0) is 18.3. The topological polar surface area (TPSA) is 149 Å². The minimum absolute atomic E-state index is 0.0411. The third kappa shape index (κ3) is 6.47. The number of benzene rings is 1. The van der Waals surface area contributed by atoms with Crippen molar-refractivity contribution in [1.82, 2.24) is 0 Å². The smallest absolute Gasteiger partial charge is 0.307 e. The van der Waals surface area contributed by atoms with Crippen LogP contribution in [0.1, 0.15) is 24.0 Å². The summed E-state index contributed by atoms with van der Waals surface area (Å²) in [5.41, 5.74) is 1.22. The van der Waals surface area contributed by atoms with Crippen LogP contribution in [0.2, 0.25) is 0 Å². The zero-order valence-electron chi connectivity index (χ0n) is 12.7. The highest BCUT2D eigenvalue weighted by Crippen LogP contribution is 2.17. The molecular formula is C16H18O8. The third-order valence-electron chi connectivity index (χ3n) is 3.53. The van der Waals surface area contributed by atoms with Gasteiger partial charge in [-0.15, -0.1) is 0 Å². The number of carboxylic acid groups (broad SMARTS) is 4. The van der Waals surface area contributed by atoms with Crippen LogP contribution < -0.4 is 0 Å². The summed E-state index contributed by atoms with van der Waals surface area (Å²) in [7, 11) is 0. The number of aliphatic carboxylic acids is 4. The normalized spacial score (nSPS) is 13.0. The van der Waals surface area contributed by atoms with Crippen molar-refractivity contribution in [1.29, 1.82) is 0 Å². The Morgan fingerprint density at radius 2 is 0.958 bits per heavy atom. The quantitative estimate of drug-likeness (QED) is 0.496. The van der Waals surface area contributed by atoms with Crippen LogP contribution in [0.3, 0.4) is 0 Å². The first-order chi connectivity index (χ1) is 11.2. The van der Waals surface area contributed by atoms with Gasteiger partial charge in [0.25, 0.3) is 0 Å². The molecule has 0 amide bonds. The van der Waals surface area contributed by atoms with Crippen LogP contribution >= 0.6 is 0 Å². The summed E-state index contributed by atoms with van der Waals surface area (Å²) in [4.78, 5) is 43.4. The van der Waals surface area contributed by atoms with Gasteiger partial charge in [-0.1, -0.05) is 24.3 Å². The molecule has 130 valence electrons. The van der Waals surface area contributed by atoms with Crippen molar-refractivity contribution in [2.24, 2.45) is 11.8 Å². The lowest BCUT2D eigenvalue weighted by molar-refractivity contribution is -0.148. The standard InChI is InChI=1S/C16H18O8/c17-13(18)7-11(15(21)22)5-9-1-2-10(4-3-9)6-12(16(23)24)8-14(19)20/h1-4,11-12H,5-8H2,(H,17,18)(H,19,20)(H,21,22)(H,23,24). The molecule has 1 aromatic carbocycles. The van der Waals surface area contributed by atoms with Gasteiger partial charge in [0.15, 0.2) is 0 Å². The summed E-state index contributed by atoms with van der Waals surface area (Å²) in [6.07, 6.45) is -0.896. The second kappa shape index (κ2) is 8.66. The number of hydrogen-bond acceptors (Lipinski definition) is 4. The average molecular weight is 338 g/mol. The van der Waals surface area contributed by atoms with Crippen molar-refractivity contribution in [3.63, 3.8) is 0 Å². The van der Waals surface area contributed by atoms with Gasteiger partial charge in [0.1, 0.15) is 0 Å². The van der Waals surface area contributed by atoms with E-state index >= 15 is 0 Å². The third-order valence-corrected chi connectivity index (χ3v) is 3.53. The number of rotatable bonds is 10. The molecule has 8 heteroatoms. The lowest BCUT2D eigenvalue weighted by atomic mass is 9.93.